The van der Waals surface area contributed by atoms with E-state index in [1.54, 1.807) is 7.11 Å². The molecule has 0 amide bonds. The van der Waals surface area contributed by atoms with Gasteiger partial charge < -0.3 is 10.5 Å². The molecule has 0 aromatic rings. The van der Waals surface area contributed by atoms with E-state index in [-0.39, 0.29) is 0 Å². The molecule has 1 fully saturated rings. The predicted molar refractivity (Wildman–Crippen MR) is 72.1 cm³/mol. The van der Waals surface area contributed by atoms with Crippen molar-refractivity contribution in [3.05, 3.63) is 0 Å². The Morgan fingerprint density at radius 1 is 1.29 bits per heavy atom. The maximum atomic E-state index is 5.95. The first-order valence-corrected chi connectivity index (χ1v) is 6.66. The molecule has 0 spiro atoms. The number of methoxy groups -OCH3 is 1. The monoisotopic (exact) mass is 243 g/mol. The lowest BCUT2D eigenvalue weighted by molar-refractivity contribution is 0.00758. The molecule has 4 heteroatoms. The van der Waals surface area contributed by atoms with Gasteiger partial charge in [0.15, 0.2) is 0 Å². The van der Waals surface area contributed by atoms with Crippen LogP contribution in [0.1, 0.15) is 20.8 Å². The number of ether oxygens (including phenoxy) is 1. The SMILES string of the molecule is COCC(C)C(CN)N1CC(C)N(C)C(C)C1. The molecular weight excluding hydrogens is 214 g/mol. The van der Waals surface area contributed by atoms with Crippen molar-refractivity contribution in [2.24, 2.45) is 11.7 Å². The molecular formula is C13H29N3O. The van der Waals surface area contributed by atoms with E-state index in [0.29, 0.717) is 30.6 Å². The largest absolute Gasteiger partial charge is 0.384 e. The molecule has 0 saturated carbocycles. The zero-order valence-corrected chi connectivity index (χ0v) is 12.0. The third-order valence-corrected chi connectivity index (χ3v) is 4.18. The molecule has 2 N–H and O–H groups in total. The number of nitrogens with two attached hydrogens (primary N) is 1. The molecule has 17 heavy (non-hydrogen) atoms. The standard InChI is InChI=1S/C13H29N3O/c1-10(9-17-5)13(6-14)16-7-11(2)15(4)12(3)8-16/h10-13H,6-9,14H2,1-5H3. The van der Waals surface area contributed by atoms with E-state index in [1.807, 2.05) is 0 Å². The van der Waals surface area contributed by atoms with Crippen molar-refractivity contribution in [2.45, 2.75) is 38.9 Å². The van der Waals surface area contributed by atoms with E-state index in [4.69, 9.17) is 10.5 Å². The maximum Gasteiger partial charge on any atom is 0.0503 e. The van der Waals surface area contributed by atoms with Gasteiger partial charge in [0, 0.05) is 44.9 Å². The molecule has 1 aliphatic heterocycles. The highest BCUT2D eigenvalue weighted by molar-refractivity contribution is 4.88. The third-order valence-electron chi connectivity index (χ3n) is 4.18. The van der Waals surface area contributed by atoms with E-state index in [9.17, 15) is 0 Å². The number of hydrogen-bond acceptors (Lipinski definition) is 4. The Morgan fingerprint density at radius 2 is 1.82 bits per heavy atom. The highest BCUT2D eigenvalue weighted by Crippen LogP contribution is 2.19. The fourth-order valence-electron chi connectivity index (χ4n) is 2.83. The van der Waals surface area contributed by atoms with Crippen LogP contribution in [0.3, 0.4) is 0 Å². The average molecular weight is 243 g/mol. The van der Waals surface area contributed by atoms with Crippen molar-refractivity contribution in [1.82, 2.24) is 9.80 Å². The van der Waals surface area contributed by atoms with Crippen LogP contribution >= 0.6 is 0 Å². The molecule has 4 atom stereocenters. The zero-order valence-electron chi connectivity index (χ0n) is 12.0. The van der Waals surface area contributed by atoms with E-state index in [2.05, 4.69) is 37.6 Å². The topological polar surface area (TPSA) is 41.7 Å². The lowest BCUT2D eigenvalue weighted by Gasteiger charge is -2.46. The van der Waals surface area contributed by atoms with Gasteiger partial charge in [0.05, 0.1) is 6.61 Å². The van der Waals surface area contributed by atoms with Crippen molar-refractivity contribution in [3.8, 4) is 0 Å². The van der Waals surface area contributed by atoms with Crippen LogP contribution in [0.25, 0.3) is 0 Å². The average Bonchev–Trinajstić information content (AvgIpc) is 2.27. The van der Waals surface area contributed by atoms with Crippen LogP contribution in [0.2, 0.25) is 0 Å². The van der Waals surface area contributed by atoms with Crippen LogP contribution in [-0.2, 0) is 4.74 Å². The minimum absolute atomic E-state index is 0.438. The van der Waals surface area contributed by atoms with Crippen LogP contribution in [-0.4, -0.2) is 68.3 Å². The Hall–Kier alpha value is -0.160. The van der Waals surface area contributed by atoms with Crippen molar-refractivity contribution >= 4 is 0 Å². The van der Waals surface area contributed by atoms with Gasteiger partial charge in [-0.1, -0.05) is 6.92 Å². The Morgan fingerprint density at radius 3 is 2.24 bits per heavy atom. The van der Waals surface area contributed by atoms with Crippen LogP contribution in [0.4, 0.5) is 0 Å². The summed E-state index contributed by atoms with van der Waals surface area (Å²) in [5.74, 6) is 0.493. The summed E-state index contributed by atoms with van der Waals surface area (Å²) in [7, 11) is 3.97. The van der Waals surface area contributed by atoms with Gasteiger partial charge in [0.25, 0.3) is 0 Å². The number of nitrogens with zero attached hydrogens (tertiary/aromatic N) is 2. The van der Waals surface area contributed by atoms with Crippen LogP contribution in [0.5, 0.6) is 0 Å². The minimum Gasteiger partial charge on any atom is -0.384 e. The molecule has 4 nitrogen and oxygen atoms in total. The Labute approximate surface area is 106 Å². The second-order valence-corrected chi connectivity index (χ2v) is 5.55. The second kappa shape index (κ2) is 6.69. The predicted octanol–water partition coefficient (Wildman–Crippen LogP) is 0.621. The van der Waals surface area contributed by atoms with Gasteiger partial charge in [0.2, 0.25) is 0 Å². The molecule has 1 saturated heterocycles. The molecule has 1 aliphatic rings. The first-order chi connectivity index (χ1) is 8.01. The summed E-state index contributed by atoms with van der Waals surface area (Å²) < 4.78 is 5.26. The molecule has 0 aromatic heterocycles. The highest BCUT2D eigenvalue weighted by atomic mass is 16.5. The molecule has 0 aromatic carbocycles. The second-order valence-electron chi connectivity index (χ2n) is 5.55. The summed E-state index contributed by atoms with van der Waals surface area (Å²) in [4.78, 5) is 4.99. The van der Waals surface area contributed by atoms with Gasteiger partial charge in [-0.2, -0.15) is 0 Å². The normalized spacial score (nSPS) is 31.4. The van der Waals surface area contributed by atoms with E-state index in [1.165, 1.54) is 0 Å². The van der Waals surface area contributed by atoms with Crippen molar-refractivity contribution in [2.75, 3.05) is 40.4 Å². The summed E-state index contributed by atoms with van der Waals surface area (Å²) in [6, 6.07) is 1.64. The van der Waals surface area contributed by atoms with Crippen LogP contribution in [0, 0.1) is 5.92 Å². The van der Waals surface area contributed by atoms with Gasteiger partial charge in [0.1, 0.15) is 0 Å². The first-order valence-electron chi connectivity index (χ1n) is 6.66. The van der Waals surface area contributed by atoms with Gasteiger partial charge in [-0.25, -0.2) is 0 Å². The summed E-state index contributed by atoms with van der Waals surface area (Å²) in [5.41, 5.74) is 5.95. The lowest BCUT2D eigenvalue weighted by Crippen LogP contribution is -2.60. The van der Waals surface area contributed by atoms with E-state index >= 15 is 0 Å². The zero-order chi connectivity index (χ0) is 13.0. The van der Waals surface area contributed by atoms with Crippen molar-refractivity contribution in [1.29, 1.82) is 0 Å². The fourth-order valence-corrected chi connectivity index (χ4v) is 2.83. The molecule has 0 aliphatic carbocycles. The van der Waals surface area contributed by atoms with E-state index < -0.39 is 0 Å². The molecule has 0 radical (unpaired) electrons. The number of piperazine rings is 1. The Bertz CT molecular complexity index is 213. The van der Waals surface area contributed by atoms with Gasteiger partial charge in [-0.3, -0.25) is 9.80 Å². The van der Waals surface area contributed by atoms with Crippen LogP contribution < -0.4 is 5.73 Å². The fraction of sp³-hybridized carbons (Fsp3) is 1.00. The van der Waals surface area contributed by atoms with Gasteiger partial charge in [-0.05, 0) is 26.8 Å². The maximum absolute atomic E-state index is 5.95. The van der Waals surface area contributed by atoms with Crippen molar-refractivity contribution < 1.29 is 4.74 Å². The van der Waals surface area contributed by atoms with Gasteiger partial charge in [-0.15, -0.1) is 0 Å². The quantitative estimate of drug-likeness (QED) is 0.769. The molecule has 0 bridgehead atoms. The number of rotatable bonds is 5. The Kier molecular flexibility index (Phi) is 5.86. The summed E-state index contributed by atoms with van der Waals surface area (Å²) in [5, 5.41) is 0. The van der Waals surface area contributed by atoms with Gasteiger partial charge >= 0.3 is 0 Å². The smallest absolute Gasteiger partial charge is 0.0503 e. The first kappa shape index (κ1) is 14.9. The number of hydrogen-bond donors (Lipinski definition) is 1. The molecule has 4 unspecified atom stereocenters. The molecule has 102 valence electrons. The number of likely N-dealkylation sites (N-methyl/N-ethyl adjacent to an activating group) is 1. The summed E-state index contributed by atoms with van der Waals surface area (Å²) >= 11 is 0. The molecule has 1 rings (SSSR count). The Balaban J connectivity index is 2.63. The minimum atomic E-state index is 0.438. The highest BCUT2D eigenvalue weighted by Gasteiger charge is 2.32. The third kappa shape index (κ3) is 3.65. The molecule has 1 heterocycles. The van der Waals surface area contributed by atoms with Crippen LogP contribution in [0.15, 0.2) is 0 Å². The lowest BCUT2D eigenvalue weighted by atomic mass is 9.98. The summed E-state index contributed by atoms with van der Waals surface area (Å²) in [6.45, 7) is 10.5. The van der Waals surface area contributed by atoms with Crippen molar-refractivity contribution in [3.63, 3.8) is 0 Å². The summed E-state index contributed by atoms with van der Waals surface area (Å²) in [6.07, 6.45) is 0. The van der Waals surface area contributed by atoms with E-state index in [0.717, 1.165) is 19.7 Å².